The minimum atomic E-state index is -4.73. The van der Waals surface area contributed by atoms with Crippen LogP contribution in [-0.2, 0) is 10.9 Å². The Hall–Kier alpha value is -3.93. The summed E-state index contributed by atoms with van der Waals surface area (Å²) in [6.07, 6.45) is -3.22. The highest BCUT2D eigenvalue weighted by Gasteiger charge is 2.35. The van der Waals surface area contributed by atoms with Gasteiger partial charge in [-0.2, -0.15) is 13.2 Å². The Balaban J connectivity index is 1.72. The fourth-order valence-electron chi connectivity index (χ4n) is 4.16. The molecule has 216 valence electrons. The van der Waals surface area contributed by atoms with Gasteiger partial charge in [-0.1, -0.05) is 29.8 Å². The van der Waals surface area contributed by atoms with E-state index < -0.39 is 29.1 Å². The Kier molecular flexibility index (Phi) is 8.71. The molecule has 0 aliphatic rings. The van der Waals surface area contributed by atoms with Crippen LogP contribution in [0.15, 0.2) is 60.9 Å². The summed E-state index contributed by atoms with van der Waals surface area (Å²) in [5.41, 5.74) is 5.76. The zero-order valence-corrected chi connectivity index (χ0v) is 23.6. The van der Waals surface area contributed by atoms with Gasteiger partial charge >= 0.3 is 6.18 Å². The summed E-state index contributed by atoms with van der Waals surface area (Å²) in [6, 6.07) is 12.7. The molecule has 1 aromatic heterocycles. The van der Waals surface area contributed by atoms with Crippen molar-refractivity contribution in [1.29, 1.82) is 0 Å². The van der Waals surface area contributed by atoms with E-state index in [2.05, 4.69) is 21.2 Å². The van der Waals surface area contributed by atoms with Gasteiger partial charge in [0, 0.05) is 17.3 Å². The van der Waals surface area contributed by atoms with Crippen LogP contribution in [0.3, 0.4) is 0 Å². The van der Waals surface area contributed by atoms with Crippen molar-refractivity contribution in [1.82, 2.24) is 20.4 Å². The molecule has 3 N–H and O–H groups in total. The average molecular weight is 588 g/mol. The molecule has 0 aliphatic carbocycles. The number of anilines is 1. The van der Waals surface area contributed by atoms with E-state index in [1.807, 2.05) is 33.8 Å². The molecular formula is C29H29ClF3N5O3. The predicted molar refractivity (Wildman–Crippen MR) is 151 cm³/mol. The lowest BCUT2D eigenvalue weighted by atomic mass is 10.1. The van der Waals surface area contributed by atoms with Gasteiger partial charge in [0.05, 0.1) is 40.1 Å². The number of nitrogens with zero attached hydrogens (tertiary/aromatic N) is 2. The molecular weight excluding hydrogens is 559 g/mol. The van der Waals surface area contributed by atoms with Crippen LogP contribution in [0.4, 0.5) is 18.9 Å². The van der Waals surface area contributed by atoms with Gasteiger partial charge in [-0.25, -0.2) is 10.4 Å². The van der Waals surface area contributed by atoms with E-state index in [0.717, 1.165) is 17.7 Å². The number of hydrazine groups is 1. The number of fused-ring (bicyclic) bond motifs is 1. The second-order valence-corrected chi connectivity index (χ2v) is 10.6. The molecule has 0 saturated carbocycles. The minimum absolute atomic E-state index is 0.0876. The van der Waals surface area contributed by atoms with Gasteiger partial charge in [0.15, 0.2) is 0 Å². The molecule has 8 nitrogen and oxygen atoms in total. The van der Waals surface area contributed by atoms with E-state index in [4.69, 9.17) is 16.3 Å². The lowest BCUT2D eigenvalue weighted by Gasteiger charge is -2.19. The third kappa shape index (κ3) is 7.05. The molecule has 0 unspecified atom stereocenters. The molecule has 0 aliphatic heterocycles. The molecule has 4 aromatic rings. The number of hydrogen-bond donors (Lipinski definition) is 3. The van der Waals surface area contributed by atoms with Gasteiger partial charge < -0.3 is 10.1 Å². The van der Waals surface area contributed by atoms with Crippen molar-refractivity contribution < 1.29 is 27.5 Å². The first-order valence-electron chi connectivity index (χ1n) is 12.7. The quantitative estimate of drug-likeness (QED) is 0.166. The van der Waals surface area contributed by atoms with Crippen LogP contribution in [0, 0.1) is 6.92 Å². The maximum atomic E-state index is 13.6. The maximum absolute atomic E-state index is 13.6. The molecule has 0 bridgehead atoms. The van der Waals surface area contributed by atoms with E-state index in [1.165, 1.54) is 30.6 Å². The number of halogens is 4. The Morgan fingerprint density at radius 3 is 2.44 bits per heavy atom. The van der Waals surface area contributed by atoms with Gasteiger partial charge in [0.2, 0.25) is 0 Å². The summed E-state index contributed by atoms with van der Waals surface area (Å²) in [6.45, 7) is 8.19. The molecule has 41 heavy (non-hydrogen) atoms. The topological polar surface area (TPSA) is 97.3 Å². The van der Waals surface area contributed by atoms with Gasteiger partial charge in [-0.15, -0.1) is 0 Å². The number of carbonyl (C=O) groups excluding carboxylic acids is 2. The summed E-state index contributed by atoms with van der Waals surface area (Å²) in [5, 5.41) is 3.03. The fraction of sp³-hybridized carbons (Fsp3) is 0.276. The fourth-order valence-corrected chi connectivity index (χ4v) is 4.33. The van der Waals surface area contributed by atoms with Crippen molar-refractivity contribution in [2.45, 2.75) is 39.5 Å². The van der Waals surface area contributed by atoms with Gasteiger partial charge in [-0.05, 0) is 69.7 Å². The third-order valence-corrected chi connectivity index (χ3v) is 6.50. The average Bonchev–Trinajstić information content (AvgIpc) is 3.32. The summed E-state index contributed by atoms with van der Waals surface area (Å²) in [4.78, 5) is 30.7. The van der Waals surface area contributed by atoms with Crippen molar-refractivity contribution >= 4 is 40.1 Å². The molecule has 0 saturated heterocycles. The Labute approximate surface area is 239 Å². The molecule has 12 heteroatoms. The minimum Gasteiger partial charge on any atom is -0.374 e. The van der Waals surface area contributed by atoms with Gasteiger partial charge in [0.25, 0.3) is 11.8 Å². The number of hydrogen-bond acceptors (Lipinski definition) is 5. The molecule has 2 amide bonds. The van der Waals surface area contributed by atoms with Crippen LogP contribution in [0.2, 0.25) is 5.02 Å². The van der Waals surface area contributed by atoms with Crippen LogP contribution >= 0.6 is 11.6 Å². The monoisotopic (exact) mass is 587 g/mol. The molecule has 3 aromatic carbocycles. The number of amides is 2. The molecule has 1 heterocycles. The second kappa shape index (κ2) is 11.9. The SMILES string of the molecule is Cc1c(Cl)cccc1-n1cnc2c(C(=O)NNCCOC(C)(C)C)cc(NC(=O)c3ccccc3C(F)(F)F)cc21. The smallest absolute Gasteiger partial charge is 0.374 e. The second-order valence-electron chi connectivity index (χ2n) is 10.2. The largest absolute Gasteiger partial charge is 0.417 e. The number of carbonyl (C=O) groups is 2. The standard InChI is InChI=1S/C29H29ClF3N5O3/c1-17-22(30)10-7-11-23(17)38-16-34-25-20(27(40)37-35-12-13-41-28(2,3)4)14-18(15-24(25)38)36-26(39)19-8-5-6-9-21(19)29(31,32)33/h5-11,14-16,35H,12-13H2,1-4H3,(H,36,39)(H,37,40). The van der Waals surface area contributed by atoms with Crippen molar-refractivity contribution in [3.63, 3.8) is 0 Å². The Morgan fingerprint density at radius 1 is 1.00 bits per heavy atom. The maximum Gasteiger partial charge on any atom is 0.417 e. The van der Waals surface area contributed by atoms with Crippen molar-refractivity contribution in [2.24, 2.45) is 0 Å². The highest BCUT2D eigenvalue weighted by molar-refractivity contribution is 6.31. The number of imidazole rings is 1. The first-order valence-corrected chi connectivity index (χ1v) is 13.1. The van der Waals surface area contributed by atoms with E-state index in [-0.39, 0.29) is 16.9 Å². The lowest BCUT2D eigenvalue weighted by Crippen LogP contribution is -2.40. The first-order chi connectivity index (χ1) is 19.3. The normalized spacial score (nSPS) is 12.0. The van der Waals surface area contributed by atoms with Crippen LogP contribution in [0.25, 0.3) is 16.7 Å². The third-order valence-electron chi connectivity index (χ3n) is 6.09. The van der Waals surface area contributed by atoms with E-state index in [0.29, 0.717) is 34.9 Å². The molecule has 0 atom stereocenters. The summed E-state index contributed by atoms with van der Waals surface area (Å²) >= 11 is 6.33. The lowest BCUT2D eigenvalue weighted by molar-refractivity contribution is -0.137. The number of ether oxygens (including phenoxy) is 1. The van der Waals surface area contributed by atoms with E-state index in [9.17, 15) is 22.8 Å². The van der Waals surface area contributed by atoms with Crippen LogP contribution in [0.5, 0.6) is 0 Å². The Morgan fingerprint density at radius 2 is 1.73 bits per heavy atom. The highest BCUT2D eigenvalue weighted by atomic mass is 35.5. The molecule has 0 radical (unpaired) electrons. The van der Waals surface area contributed by atoms with Crippen molar-refractivity contribution in [3.05, 3.63) is 88.2 Å². The zero-order valence-electron chi connectivity index (χ0n) is 22.8. The Bertz CT molecular complexity index is 1600. The summed E-state index contributed by atoms with van der Waals surface area (Å²) in [7, 11) is 0. The predicted octanol–water partition coefficient (Wildman–Crippen LogP) is 6.31. The molecule has 0 fully saturated rings. The highest BCUT2D eigenvalue weighted by Crippen LogP contribution is 2.33. The molecule has 0 spiro atoms. The van der Waals surface area contributed by atoms with E-state index >= 15 is 0 Å². The van der Waals surface area contributed by atoms with Crippen LogP contribution < -0.4 is 16.2 Å². The van der Waals surface area contributed by atoms with Crippen molar-refractivity contribution in [2.75, 3.05) is 18.5 Å². The van der Waals surface area contributed by atoms with Gasteiger partial charge in [0.1, 0.15) is 11.8 Å². The van der Waals surface area contributed by atoms with E-state index in [1.54, 1.807) is 16.7 Å². The summed E-state index contributed by atoms with van der Waals surface area (Å²) < 4.78 is 48.0. The van der Waals surface area contributed by atoms with Gasteiger partial charge in [-0.3, -0.25) is 19.6 Å². The zero-order chi connectivity index (χ0) is 29.9. The van der Waals surface area contributed by atoms with Crippen LogP contribution in [0.1, 0.15) is 52.6 Å². The number of rotatable bonds is 8. The van der Waals surface area contributed by atoms with Crippen LogP contribution in [-0.4, -0.2) is 40.1 Å². The number of benzene rings is 3. The number of nitrogens with one attached hydrogen (secondary N) is 3. The molecule has 4 rings (SSSR count). The van der Waals surface area contributed by atoms with Crippen molar-refractivity contribution in [3.8, 4) is 5.69 Å². The summed E-state index contributed by atoms with van der Waals surface area (Å²) in [5.74, 6) is -1.54. The first kappa shape index (κ1) is 30.0. The number of alkyl halides is 3. The number of aromatic nitrogens is 2.